The summed E-state index contributed by atoms with van der Waals surface area (Å²) >= 11 is 0. The third-order valence-corrected chi connectivity index (χ3v) is 4.34. The summed E-state index contributed by atoms with van der Waals surface area (Å²) in [5.74, 6) is 0.711. The first kappa shape index (κ1) is 21.8. The number of anilines is 1. The van der Waals surface area contributed by atoms with Crippen LogP contribution < -0.4 is 9.64 Å². The van der Waals surface area contributed by atoms with E-state index in [9.17, 15) is 10.1 Å². The molecule has 0 bridgehead atoms. The second kappa shape index (κ2) is 9.65. The van der Waals surface area contributed by atoms with Crippen molar-refractivity contribution in [3.05, 3.63) is 23.8 Å². The zero-order valence-corrected chi connectivity index (χ0v) is 17.7. The Morgan fingerprint density at radius 2 is 1.86 bits per heavy atom. The number of nitriles is 1. The van der Waals surface area contributed by atoms with Gasteiger partial charge in [-0.1, -0.05) is 0 Å². The summed E-state index contributed by atoms with van der Waals surface area (Å²) in [6.07, 6.45) is 0.649. The van der Waals surface area contributed by atoms with Crippen LogP contribution in [0.1, 0.15) is 32.8 Å². The molecule has 7 heteroatoms. The molecule has 1 aromatic carbocycles. The molecule has 0 unspecified atom stereocenters. The van der Waals surface area contributed by atoms with Crippen molar-refractivity contribution in [3.63, 3.8) is 0 Å². The third-order valence-electron chi connectivity index (χ3n) is 4.34. The van der Waals surface area contributed by atoms with E-state index in [0.717, 1.165) is 18.7 Å². The van der Waals surface area contributed by atoms with Crippen LogP contribution in [0.4, 0.5) is 10.5 Å². The Morgan fingerprint density at radius 3 is 2.43 bits per heavy atom. The fourth-order valence-electron chi connectivity index (χ4n) is 2.96. The van der Waals surface area contributed by atoms with Crippen LogP contribution in [0.5, 0.6) is 5.75 Å². The van der Waals surface area contributed by atoms with E-state index in [1.54, 1.807) is 11.0 Å². The number of rotatable bonds is 6. The first-order chi connectivity index (χ1) is 13.2. The van der Waals surface area contributed by atoms with Gasteiger partial charge in [0.1, 0.15) is 11.4 Å². The number of hydrogen-bond acceptors (Lipinski definition) is 6. The molecule has 28 heavy (non-hydrogen) atoms. The lowest BCUT2D eigenvalue weighted by Crippen LogP contribution is -2.50. The highest BCUT2D eigenvalue weighted by molar-refractivity contribution is 5.68. The van der Waals surface area contributed by atoms with E-state index < -0.39 is 5.60 Å². The highest BCUT2D eigenvalue weighted by Gasteiger charge is 2.26. The molecule has 0 atom stereocenters. The molecule has 0 saturated carbocycles. The normalized spacial score (nSPS) is 14.8. The molecule has 1 saturated heterocycles. The SMILES string of the molecule is CN(C)CCCOc1cc(C#N)cc(N2CCN(C(=O)OC(C)(C)C)CC2)c1. The number of ether oxygens (including phenoxy) is 2. The summed E-state index contributed by atoms with van der Waals surface area (Å²) in [6, 6.07) is 7.83. The van der Waals surface area contributed by atoms with E-state index in [4.69, 9.17) is 9.47 Å². The van der Waals surface area contributed by atoms with E-state index in [1.165, 1.54) is 0 Å². The number of carbonyl (C=O) groups excluding carboxylic acids is 1. The van der Waals surface area contributed by atoms with Crippen LogP contribution >= 0.6 is 0 Å². The lowest BCUT2D eigenvalue weighted by Gasteiger charge is -2.36. The second-order valence-corrected chi connectivity index (χ2v) is 8.29. The predicted octanol–water partition coefficient (Wildman–Crippen LogP) is 2.95. The van der Waals surface area contributed by atoms with Crippen molar-refractivity contribution >= 4 is 11.8 Å². The van der Waals surface area contributed by atoms with Crippen LogP contribution in [-0.4, -0.2) is 74.9 Å². The zero-order valence-electron chi connectivity index (χ0n) is 17.7. The van der Waals surface area contributed by atoms with Gasteiger partial charge in [0, 0.05) is 44.5 Å². The molecule has 1 aliphatic rings. The lowest BCUT2D eigenvalue weighted by atomic mass is 10.1. The van der Waals surface area contributed by atoms with Gasteiger partial charge in [-0.05, 0) is 53.4 Å². The molecule has 0 N–H and O–H groups in total. The minimum atomic E-state index is -0.492. The standard InChI is InChI=1S/C21H32N4O3/c1-21(2,3)28-20(26)25-10-8-24(9-11-25)18-13-17(16-22)14-19(15-18)27-12-6-7-23(4)5/h13-15H,6-12H2,1-5H3. The Hall–Kier alpha value is -2.46. The van der Waals surface area contributed by atoms with Crippen molar-refractivity contribution in [2.45, 2.75) is 32.8 Å². The third kappa shape index (κ3) is 6.93. The van der Waals surface area contributed by atoms with Gasteiger partial charge in [-0.25, -0.2) is 4.79 Å². The van der Waals surface area contributed by atoms with Gasteiger partial charge in [-0.3, -0.25) is 0 Å². The van der Waals surface area contributed by atoms with E-state index in [2.05, 4.69) is 15.9 Å². The average Bonchev–Trinajstić information content (AvgIpc) is 2.63. The Morgan fingerprint density at radius 1 is 1.18 bits per heavy atom. The molecule has 0 aromatic heterocycles. The Kier molecular flexibility index (Phi) is 7.53. The summed E-state index contributed by atoms with van der Waals surface area (Å²) in [7, 11) is 4.07. The molecule has 154 valence electrons. The molecule has 1 amide bonds. The van der Waals surface area contributed by atoms with Gasteiger partial charge in [0.05, 0.1) is 18.2 Å². The Balaban J connectivity index is 1.97. The maximum atomic E-state index is 12.2. The molecule has 0 aliphatic carbocycles. The highest BCUT2D eigenvalue weighted by atomic mass is 16.6. The van der Waals surface area contributed by atoms with Gasteiger partial charge in [0.15, 0.2) is 0 Å². The van der Waals surface area contributed by atoms with Crippen LogP contribution in [-0.2, 0) is 4.74 Å². The van der Waals surface area contributed by atoms with E-state index in [0.29, 0.717) is 44.1 Å². The number of carbonyl (C=O) groups is 1. The maximum absolute atomic E-state index is 12.2. The minimum absolute atomic E-state index is 0.275. The maximum Gasteiger partial charge on any atom is 0.410 e. The van der Waals surface area contributed by atoms with Crippen LogP contribution in [0.3, 0.4) is 0 Å². The molecule has 2 rings (SSSR count). The molecule has 1 fully saturated rings. The molecule has 1 aromatic rings. The van der Waals surface area contributed by atoms with Crippen LogP contribution in [0.15, 0.2) is 18.2 Å². The number of amides is 1. The van der Waals surface area contributed by atoms with Crippen molar-refractivity contribution in [1.82, 2.24) is 9.80 Å². The second-order valence-electron chi connectivity index (χ2n) is 8.29. The number of piperazine rings is 1. The van der Waals surface area contributed by atoms with Gasteiger partial charge in [0.25, 0.3) is 0 Å². The fraction of sp³-hybridized carbons (Fsp3) is 0.619. The van der Waals surface area contributed by atoms with E-state index in [1.807, 2.05) is 47.0 Å². The first-order valence-electron chi connectivity index (χ1n) is 9.73. The van der Waals surface area contributed by atoms with Crippen molar-refractivity contribution in [2.24, 2.45) is 0 Å². The van der Waals surface area contributed by atoms with Gasteiger partial charge in [-0.2, -0.15) is 5.26 Å². The van der Waals surface area contributed by atoms with Gasteiger partial charge >= 0.3 is 6.09 Å². The number of hydrogen-bond donors (Lipinski definition) is 0. The smallest absolute Gasteiger partial charge is 0.410 e. The molecule has 7 nitrogen and oxygen atoms in total. The molecular weight excluding hydrogens is 356 g/mol. The molecule has 0 spiro atoms. The lowest BCUT2D eigenvalue weighted by molar-refractivity contribution is 0.0240. The van der Waals surface area contributed by atoms with Crippen molar-refractivity contribution in [2.75, 3.05) is 58.3 Å². The summed E-state index contributed by atoms with van der Waals surface area (Å²) < 4.78 is 11.3. The predicted molar refractivity (Wildman–Crippen MR) is 110 cm³/mol. The molecule has 1 heterocycles. The van der Waals surface area contributed by atoms with Gasteiger partial charge < -0.3 is 24.2 Å². The zero-order chi connectivity index (χ0) is 20.7. The minimum Gasteiger partial charge on any atom is -0.493 e. The Bertz CT molecular complexity index is 699. The highest BCUT2D eigenvalue weighted by Crippen LogP contribution is 2.25. The van der Waals surface area contributed by atoms with Crippen molar-refractivity contribution < 1.29 is 14.3 Å². The molecule has 1 aliphatic heterocycles. The summed E-state index contributed by atoms with van der Waals surface area (Å²) in [5.41, 5.74) is 1.04. The topological polar surface area (TPSA) is 69.0 Å². The van der Waals surface area contributed by atoms with Gasteiger partial charge in [0.2, 0.25) is 0 Å². The Labute approximate surface area is 168 Å². The van der Waals surface area contributed by atoms with Crippen LogP contribution in [0.2, 0.25) is 0 Å². The van der Waals surface area contributed by atoms with Gasteiger partial charge in [-0.15, -0.1) is 0 Å². The van der Waals surface area contributed by atoms with Crippen LogP contribution in [0.25, 0.3) is 0 Å². The number of nitrogens with zero attached hydrogens (tertiary/aromatic N) is 4. The molecule has 0 radical (unpaired) electrons. The monoisotopic (exact) mass is 388 g/mol. The van der Waals surface area contributed by atoms with Crippen molar-refractivity contribution in [3.8, 4) is 11.8 Å². The van der Waals surface area contributed by atoms with E-state index in [-0.39, 0.29) is 6.09 Å². The van der Waals surface area contributed by atoms with E-state index >= 15 is 0 Å². The van der Waals surface area contributed by atoms with Crippen molar-refractivity contribution in [1.29, 1.82) is 5.26 Å². The fourth-order valence-corrected chi connectivity index (χ4v) is 2.96. The average molecular weight is 389 g/mol. The quantitative estimate of drug-likeness (QED) is 0.698. The summed E-state index contributed by atoms with van der Waals surface area (Å²) in [4.78, 5) is 18.2. The van der Waals surface area contributed by atoms with Crippen LogP contribution in [0, 0.1) is 11.3 Å². The first-order valence-corrected chi connectivity index (χ1v) is 9.73. The molecular formula is C21H32N4O3. The summed E-state index contributed by atoms with van der Waals surface area (Å²) in [6.45, 7) is 9.73. The summed E-state index contributed by atoms with van der Waals surface area (Å²) in [5, 5.41) is 9.35. The largest absolute Gasteiger partial charge is 0.493 e. The number of benzene rings is 1.